The molecule has 5 heteroatoms. The molecule has 2 N–H and O–H groups in total. The lowest BCUT2D eigenvalue weighted by Crippen LogP contribution is -2.26. The summed E-state index contributed by atoms with van der Waals surface area (Å²) >= 11 is 0. The molecule has 0 saturated heterocycles. The molecule has 4 aromatic carbocycles. The number of nitrogens with one attached hydrogen (secondary N) is 1. The van der Waals surface area contributed by atoms with Crippen molar-refractivity contribution in [2.24, 2.45) is 0 Å². The molecular formula is C36H36N2O3. The normalized spacial score (nSPS) is 11.9. The molecule has 0 unspecified atom stereocenters. The van der Waals surface area contributed by atoms with Crippen molar-refractivity contribution in [1.29, 1.82) is 0 Å². The van der Waals surface area contributed by atoms with Gasteiger partial charge in [-0.3, -0.25) is 4.79 Å². The highest BCUT2D eigenvalue weighted by Gasteiger charge is 2.17. The van der Waals surface area contributed by atoms with Crippen LogP contribution < -0.4 is 5.32 Å². The minimum Gasteiger partial charge on any atom is -0.478 e. The van der Waals surface area contributed by atoms with E-state index in [1.165, 1.54) is 5.56 Å². The third-order valence-corrected chi connectivity index (χ3v) is 8.03. The second-order valence-electron chi connectivity index (χ2n) is 10.8. The van der Waals surface area contributed by atoms with Crippen LogP contribution >= 0.6 is 0 Å². The number of carbonyl (C=O) groups is 2. The lowest BCUT2D eigenvalue weighted by molar-refractivity contribution is 0.0697. The first-order valence-electron chi connectivity index (χ1n) is 14.2. The number of carbonyl (C=O) groups excluding carboxylic acids is 1. The molecule has 208 valence electrons. The van der Waals surface area contributed by atoms with Gasteiger partial charge in [-0.25, -0.2) is 4.79 Å². The lowest BCUT2D eigenvalue weighted by Gasteiger charge is -2.15. The molecule has 5 rings (SSSR count). The van der Waals surface area contributed by atoms with Gasteiger partial charge in [0.15, 0.2) is 0 Å². The summed E-state index contributed by atoms with van der Waals surface area (Å²) in [7, 11) is 0. The van der Waals surface area contributed by atoms with Gasteiger partial charge >= 0.3 is 5.97 Å². The van der Waals surface area contributed by atoms with E-state index in [1.807, 2.05) is 61.5 Å². The fraction of sp³-hybridized carbons (Fsp3) is 0.222. The van der Waals surface area contributed by atoms with Gasteiger partial charge in [0, 0.05) is 28.7 Å². The number of aromatic nitrogens is 1. The van der Waals surface area contributed by atoms with Crippen LogP contribution in [0, 0.1) is 13.8 Å². The van der Waals surface area contributed by atoms with Crippen LogP contribution in [0.5, 0.6) is 0 Å². The van der Waals surface area contributed by atoms with Crippen LogP contribution in [0.25, 0.3) is 22.0 Å². The molecule has 5 aromatic rings. The highest BCUT2D eigenvalue weighted by atomic mass is 16.4. The number of hydrogen-bond donors (Lipinski definition) is 2. The van der Waals surface area contributed by atoms with Gasteiger partial charge in [0.05, 0.1) is 11.6 Å². The summed E-state index contributed by atoms with van der Waals surface area (Å²) in [5, 5.41) is 13.8. The summed E-state index contributed by atoms with van der Waals surface area (Å²) in [5.74, 6) is -1.02. The fourth-order valence-electron chi connectivity index (χ4n) is 5.51. The fourth-order valence-corrected chi connectivity index (χ4v) is 5.51. The molecule has 0 aliphatic carbocycles. The lowest BCUT2D eigenvalue weighted by atomic mass is 9.99. The van der Waals surface area contributed by atoms with E-state index in [1.54, 1.807) is 12.1 Å². The van der Waals surface area contributed by atoms with Crippen molar-refractivity contribution in [1.82, 2.24) is 9.88 Å². The average Bonchev–Trinajstić information content (AvgIpc) is 3.22. The third kappa shape index (κ3) is 5.80. The van der Waals surface area contributed by atoms with E-state index in [0.717, 1.165) is 51.7 Å². The molecule has 1 aromatic heterocycles. The quantitative estimate of drug-likeness (QED) is 0.197. The predicted octanol–water partition coefficient (Wildman–Crippen LogP) is 8.12. The van der Waals surface area contributed by atoms with Crippen molar-refractivity contribution in [3.63, 3.8) is 0 Å². The van der Waals surface area contributed by atoms with Crippen LogP contribution in [0.4, 0.5) is 0 Å². The molecule has 0 bridgehead atoms. The molecule has 1 atom stereocenters. The Hall–Kier alpha value is -4.64. The molecule has 0 spiro atoms. The summed E-state index contributed by atoms with van der Waals surface area (Å²) in [6.45, 7) is 9.07. The molecule has 0 aliphatic rings. The summed E-state index contributed by atoms with van der Waals surface area (Å²) in [6, 6.07) is 29.4. The largest absolute Gasteiger partial charge is 0.478 e. The third-order valence-electron chi connectivity index (χ3n) is 8.03. The van der Waals surface area contributed by atoms with E-state index in [4.69, 9.17) is 0 Å². The van der Waals surface area contributed by atoms with E-state index >= 15 is 0 Å². The Kier molecular flexibility index (Phi) is 8.06. The number of fused-ring (bicyclic) bond motifs is 1. The first-order valence-corrected chi connectivity index (χ1v) is 14.2. The SMILES string of the molecule is CCCc1ccc([C@H](C)NC(=O)c2ccc3c(c2)c(C)c(C)n3Cc2ccc(-c3ccccc3C(=O)O)cc2)cc1. The van der Waals surface area contributed by atoms with Crippen LogP contribution in [0.1, 0.15) is 75.0 Å². The Balaban J connectivity index is 1.35. The monoisotopic (exact) mass is 544 g/mol. The predicted molar refractivity (Wildman–Crippen MR) is 166 cm³/mol. The maximum atomic E-state index is 13.2. The Morgan fingerprint density at radius 1 is 0.878 bits per heavy atom. The maximum absolute atomic E-state index is 13.2. The number of carboxylic acid groups (broad SMARTS) is 1. The van der Waals surface area contributed by atoms with Crippen molar-refractivity contribution >= 4 is 22.8 Å². The number of rotatable bonds is 9. The zero-order chi connectivity index (χ0) is 29.1. The molecule has 41 heavy (non-hydrogen) atoms. The number of amides is 1. The molecule has 1 amide bonds. The Morgan fingerprint density at radius 3 is 2.24 bits per heavy atom. The molecule has 5 nitrogen and oxygen atoms in total. The van der Waals surface area contributed by atoms with Crippen molar-refractivity contribution < 1.29 is 14.7 Å². The number of nitrogens with zero attached hydrogens (tertiary/aromatic N) is 1. The minimum atomic E-state index is -0.932. The number of aromatic carboxylic acids is 1. The standard InChI is InChI=1S/C36H36N2O3/c1-5-8-26-11-15-28(16-12-26)24(3)37-35(39)30-19-20-34-33(21-30)23(2)25(4)38(34)22-27-13-17-29(18-14-27)31-9-6-7-10-32(31)36(40)41/h6-7,9-21,24H,5,8,22H2,1-4H3,(H,37,39)(H,40,41)/t24-/m0/s1. The number of aryl methyl sites for hydroxylation is 2. The summed E-state index contributed by atoms with van der Waals surface area (Å²) in [4.78, 5) is 24.8. The van der Waals surface area contributed by atoms with Gasteiger partial charge in [0.1, 0.15) is 0 Å². The molecule has 1 heterocycles. The van der Waals surface area contributed by atoms with Gasteiger partial charge < -0.3 is 15.0 Å². The zero-order valence-corrected chi connectivity index (χ0v) is 24.1. The van der Waals surface area contributed by atoms with Crippen molar-refractivity contribution in [2.45, 2.75) is 53.1 Å². The molecule has 0 saturated carbocycles. The summed E-state index contributed by atoms with van der Waals surface area (Å²) in [6.07, 6.45) is 2.18. The number of benzene rings is 4. The first-order chi connectivity index (χ1) is 19.8. The minimum absolute atomic E-state index is 0.0842. The highest BCUT2D eigenvalue weighted by Crippen LogP contribution is 2.29. The Bertz CT molecular complexity index is 1710. The van der Waals surface area contributed by atoms with Crippen molar-refractivity contribution in [2.75, 3.05) is 0 Å². The number of hydrogen-bond acceptors (Lipinski definition) is 2. The Labute approximate surface area is 241 Å². The van der Waals surface area contributed by atoms with Crippen LogP contribution in [-0.2, 0) is 13.0 Å². The molecule has 0 fully saturated rings. The highest BCUT2D eigenvalue weighted by molar-refractivity contribution is 5.99. The van der Waals surface area contributed by atoms with Crippen molar-refractivity contribution in [3.8, 4) is 11.1 Å². The van der Waals surface area contributed by atoms with Gasteiger partial charge in [-0.1, -0.05) is 80.1 Å². The van der Waals surface area contributed by atoms with Gasteiger partial charge in [0.2, 0.25) is 0 Å². The van der Waals surface area contributed by atoms with E-state index in [0.29, 0.717) is 23.2 Å². The molecule has 0 aliphatic heterocycles. The van der Waals surface area contributed by atoms with E-state index in [9.17, 15) is 14.7 Å². The van der Waals surface area contributed by atoms with Crippen molar-refractivity contribution in [3.05, 3.63) is 130 Å². The van der Waals surface area contributed by atoms with Gasteiger partial charge in [-0.2, -0.15) is 0 Å². The molecule has 0 radical (unpaired) electrons. The van der Waals surface area contributed by atoms with E-state index < -0.39 is 5.97 Å². The summed E-state index contributed by atoms with van der Waals surface area (Å²) in [5.41, 5.74) is 9.43. The zero-order valence-electron chi connectivity index (χ0n) is 24.1. The second-order valence-corrected chi connectivity index (χ2v) is 10.8. The van der Waals surface area contributed by atoms with Crippen LogP contribution in [-0.4, -0.2) is 21.6 Å². The summed E-state index contributed by atoms with van der Waals surface area (Å²) < 4.78 is 2.27. The van der Waals surface area contributed by atoms with Crippen LogP contribution in [0.2, 0.25) is 0 Å². The Morgan fingerprint density at radius 2 is 1.56 bits per heavy atom. The van der Waals surface area contributed by atoms with Gasteiger partial charge in [-0.15, -0.1) is 0 Å². The van der Waals surface area contributed by atoms with E-state index in [2.05, 4.69) is 54.9 Å². The topological polar surface area (TPSA) is 71.3 Å². The average molecular weight is 545 g/mol. The van der Waals surface area contributed by atoms with Gasteiger partial charge in [0.25, 0.3) is 5.91 Å². The number of carboxylic acids is 1. The maximum Gasteiger partial charge on any atom is 0.336 e. The van der Waals surface area contributed by atoms with E-state index in [-0.39, 0.29) is 11.9 Å². The smallest absolute Gasteiger partial charge is 0.336 e. The van der Waals surface area contributed by atoms with Crippen LogP contribution in [0.15, 0.2) is 91.0 Å². The second kappa shape index (κ2) is 11.8. The first kappa shape index (κ1) is 27.9. The van der Waals surface area contributed by atoms with Gasteiger partial charge in [-0.05, 0) is 84.8 Å². The molecular weight excluding hydrogens is 508 g/mol. The van der Waals surface area contributed by atoms with Crippen LogP contribution in [0.3, 0.4) is 0 Å².